The van der Waals surface area contributed by atoms with Gasteiger partial charge < -0.3 is 10.2 Å². The van der Waals surface area contributed by atoms with Gasteiger partial charge in [-0.25, -0.2) is 0 Å². The Bertz CT molecular complexity index is 1310. The Morgan fingerprint density at radius 1 is 0.548 bits per heavy atom. The summed E-state index contributed by atoms with van der Waals surface area (Å²) in [5.74, 6) is -0.378. The fourth-order valence-electron chi connectivity index (χ4n) is 5.04. The molecule has 2 aliphatic carbocycles. The highest BCUT2D eigenvalue weighted by Crippen LogP contribution is 2.42. The predicted molar refractivity (Wildman–Crippen MR) is 176 cm³/mol. The molecule has 0 saturated carbocycles. The molecule has 0 aromatic heterocycles. The molecule has 0 fully saturated rings. The average Bonchev–Trinajstić information content (AvgIpc) is 3.16. The molecule has 0 aromatic rings. The molecule has 0 heterocycles. The molecule has 2 rings (SSSR count). The number of carbonyl (C=O) groups is 2. The number of rotatable bonds is 10. The molecule has 4 heteroatoms. The predicted octanol–water partition coefficient (Wildman–Crippen LogP) is 8.13. The van der Waals surface area contributed by atoms with Gasteiger partial charge in [0.25, 0.3) is 0 Å². The van der Waals surface area contributed by atoms with E-state index in [2.05, 4.69) is 0 Å². The van der Waals surface area contributed by atoms with E-state index in [1.165, 1.54) is 0 Å². The van der Waals surface area contributed by atoms with E-state index in [1.54, 1.807) is 13.8 Å². The van der Waals surface area contributed by atoms with Crippen LogP contribution in [-0.4, -0.2) is 34.0 Å². The molecule has 42 heavy (non-hydrogen) atoms. The molecule has 2 atom stereocenters. The van der Waals surface area contributed by atoms with Crippen LogP contribution in [0.5, 0.6) is 0 Å². The van der Waals surface area contributed by atoms with Crippen molar-refractivity contribution < 1.29 is 19.8 Å². The molecular formula is C38H48O4. The van der Waals surface area contributed by atoms with Gasteiger partial charge in [-0.1, -0.05) is 135 Å². The van der Waals surface area contributed by atoms with Crippen molar-refractivity contribution in [2.24, 2.45) is 10.8 Å². The van der Waals surface area contributed by atoms with Crippen LogP contribution in [-0.2, 0) is 9.59 Å². The number of allylic oxidation sites excluding steroid dienone is 18. The van der Waals surface area contributed by atoms with E-state index in [0.29, 0.717) is 11.1 Å². The quantitative estimate of drug-likeness (QED) is 0.261. The summed E-state index contributed by atoms with van der Waals surface area (Å²) >= 11 is 0. The Hall–Kier alpha value is -3.60. The largest absolute Gasteiger partial charge is 0.384 e. The highest BCUT2D eigenvalue weighted by molar-refractivity contribution is 6.04. The van der Waals surface area contributed by atoms with Crippen molar-refractivity contribution >= 4 is 11.6 Å². The zero-order valence-electron chi connectivity index (χ0n) is 26.9. The third kappa shape index (κ3) is 8.47. The summed E-state index contributed by atoms with van der Waals surface area (Å²) in [4.78, 5) is 24.3. The third-order valence-electron chi connectivity index (χ3n) is 8.09. The first-order chi connectivity index (χ1) is 19.5. The van der Waals surface area contributed by atoms with Crippen LogP contribution in [0, 0.1) is 10.8 Å². The van der Waals surface area contributed by atoms with Gasteiger partial charge >= 0.3 is 0 Å². The maximum absolute atomic E-state index is 12.1. The zero-order chi connectivity index (χ0) is 31.8. The summed E-state index contributed by atoms with van der Waals surface area (Å²) in [7, 11) is 0. The van der Waals surface area contributed by atoms with E-state index in [0.717, 1.165) is 33.4 Å². The van der Waals surface area contributed by atoms with Crippen molar-refractivity contribution in [1.82, 2.24) is 0 Å². The summed E-state index contributed by atoms with van der Waals surface area (Å²) in [6.07, 6.45) is 26.1. The Labute approximate surface area is 253 Å². The number of aliphatic hydroxyl groups excluding tert-OH is 2. The van der Waals surface area contributed by atoms with E-state index < -0.39 is 23.0 Å². The van der Waals surface area contributed by atoms with E-state index in [-0.39, 0.29) is 11.6 Å². The molecule has 2 unspecified atom stereocenters. The van der Waals surface area contributed by atoms with Crippen molar-refractivity contribution in [3.63, 3.8) is 0 Å². The van der Waals surface area contributed by atoms with Crippen LogP contribution in [0.4, 0.5) is 0 Å². The molecule has 0 radical (unpaired) electrons. The number of ketones is 2. The van der Waals surface area contributed by atoms with E-state index in [9.17, 15) is 19.8 Å². The second-order valence-corrected chi connectivity index (χ2v) is 12.5. The molecule has 0 spiro atoms. The van der Waals surface area contributed by atoms with Gasteiger partial charge in [0.15, 0.2) is 11.6 Å². The molecule has 2 aliphatic rings. The normalized spacial score (nSPS) is 24.6. The lowest BCUT2D eigenvalue weighted by Gasteiger charge is -2.24. The van der Waals surface area contributed by atoms with E-state index in [4.69, 9.17) is 0 Å². The topological polar surface area (TPSA) is 74.6 Å². The summed E-state index contributed by atoms with van der Waals surface area (Å²) in [5.41, 5.74) is 6.21. The Morgan fingerprint density at radius 3 is 1.12 bits per heavy atom. The van der Waals surface area contributed by atoms with Crippen molar-refractivity contribution in [2.45, 2.75) is 81.4 Å². The monoisotopic (exact) mass is 568 g/mol. The number of carbonyl (C=O) groups excluding carboxylic acids is 2. The number of aliphatic hydroxyl groups is 2. The first-order valence-corrected chi connectivity index (χ1v) is 14.5. The summed E-state index contributed by atoms with van der Waals surface area (Å²) < 4.78 is 0. The molecule has 224 valence electrons. The number of hydrogen-bond acceptors (Lipinski definition) is 4. The lowest BCUT2D eigenvalue weighted by atomic mass is 9.83. The van der Waals surface area contributed by atoms with Gasteiger partial charge in [0, 0.05) is 10.8 Å². The first kappa shape index (κ1) is 34.6. The van der Waals surface area contributed by atoms with Crippen LogP contribution in [0.15, 0.2) is 130 Å². The van der Waals surface area contributed by atoms with E-state index >= 15 is 0 Å². The minimum absolute atomic E-state index is 0.189. The van der Waals surface area contributed by atoms with Crippen LogP contribution in [0.2, 0.25) is 0 Å². The fraction of sp³-hybridized carbons (Fsp3) is 0.368. The minimum atomic E-state index is -0.978. The molecular weight excluding hydrogens is 520 g/mol. The maximum atomic E-state index is 12.1. The van der Waals surface area contributed by atoms with Gasteiger partial charge in [0.1, 0.15) is 12.2 Å². The Kier molecular flexibility index (Phi) is 12.0. The van der Waals surface area contributed by atoms with Gasteiger partial charge in [-0.2, -0.15) is 0 Å². The van der Waals surface area contributed by atoms with Gasteiger partial charge in [-0.3, -0.25) is 9.59 Å². The van der Waals surface area contributed by atoms with Crippen molar-refractivity contribution in [2.75, 3.05) is 0 Å². The maximum Gasteiger partial charge on any atom is 0.188 e. The van der Waals surface area contributed by atoms with Gasteiger partial charge in [-0.15, -0.1) is 0 Å². The van der Waals surface area contributed by atoms with E-state index in [1.807, 2.05) is 140 Å². The smallest absolute Gasteiger partial charge is 0.188 e. The SMILES string of the molecule is CC(C=CC1=C(C)C(=O)C(O)C1(C)C)=CC=CC(C)=C/C=C/C=C(C)/C=C/C=C(C)/C=C/C1=C(C)C(=O)C(O)C1(C)C. The standard InChI is InChI=1S/C38H48O4/c1-25(17-13-19-27(3)21-23-31-29(5)33(39)35(41)37(31,7)8)15-11-12-16-26(2)18-14-20-28(4)22-24-32-30(6)34(40)36(42)38(32,9)10/h11-24,35-36,41-42H,1-10H3/b12-11+,17-13+,18-14?,23-21+,24-22?,25-15+,26-16?,27-19+,28-20?. The molecule has 0 aromatic carbocycles. The summed E-state index contributed by atoms with van der Waals surface area (Å²) in [5, 5.41) is 20.4. The van der Waals surface area contributed by atoms with Crippen LogP contribution in [0.1, 0.15) is 69.2 Å². The van der Waals surface area contributed by atoms with Crippen LogP contribution < -0.4 is 0 Å². The molecule has 0 amide bonds. The Balaban J connectivity index is 1.92. The van der Waals surface area contributed by atoms with Gasteiger partial charge in [0.05, 0.1) is 0 Å². The van der Waals surface area contributed by atoms with Crippen LogP contribution in [0.3, 0.4) is 0 Å². The van der Waals surface area contributed by atoms with Crippen molar-refractivity contribution in [3.8, 4) is 0 Å². The fourth-order valence-corrected chi connectivity index (χ4v) is 5.04. The zero-order valence-corrected chi connectivity index (χ0v) is 26.9. The second kappa shape index (κ2) is 14.5. The van der Waals surface area contributed by atoms with Gasteiger partial charge in [-0.05, 0) is 63.8 Å². The third-order valence-corrected chi connectivity index (χ3v) is 8.09. The van der Waals surface area contributed by atoms with Crippen molar-refractivity contribution in [3.05, 3.63) is 130 Å². The summed E-state index contributed by atoms with van der Waals surface area (Å²) in [6, 6.07) is 0. The van der Waals surface area contributed by atoms with Gasteiger partial charge in [0.2, 0.25) is 0 Å². The minimum Gasteiger partial charge on any atom is -0.384 e. The highest BCUT2D eigenvalue weighted by atomic mass is 16.3. The number of Topliss-reactive ketones (excluding diaryl/α,β-unsaturated/α-hetero) is 2. The van der Waals surface area contributed by atoms with Crippen LogP contribution >= 0.6 is 0 Å². The molecule has 2 N–H and O–H groups in total. The molecule has 0 saturated heterocycles. The number of hydrogen-bond donors (Lipinski definition) is 2. The average molecular weight is 569 g/mol. The molecule has 0 bridgehead atoms. The first-order valence-electron chi connectivity index (χ1n) is 14.5. The van der Waals surface area contributed by atoms with Crippen LogP contribution in [0.25, 0.3) is 0 Å². The lowest BCUT2D eigenvalue weighted by molar-refractivity contribution is -0.126. The summed E-state index contributed by atoms with van der Waals surface area (Å²) in [6.45, 7) is 19.2. The Morgan fingerprint density at radius 2 is 0.833 bits per heavy atom. The molecule has 0 aliphatic heterocycles. The second-order valence-electron chi connectivity index (χ2n) is 12.5. The highest BCUT2D eigenvalue weighted by Gasteiger charge is 2.44. The molecule has 4 nitrogen and oxygen atoms in total. The lowest BCUT2D eigenvalue weighted by Crippen LogP contribution is -2.30. The van der Waals surface area contributed by atoms with Crippen molar-refractivity contribution in [1.29, 1.82) is 0 Å².